The van der Waals surface area contributed by atoms with Crippen LogP contribution in [0.4, 0.5) is 10.1 Å². The van der Waals surface area contributed by atoms with Crippen molar-refractivity contribution in [1.82, 2.24) is 10.2 Å². The van der Waals surface area contributed by atoms with Crippen LogP contribution in [-0.4, -0.2) is 64.2 Å². The average Bonchev–Trinajstić information content (AvgIpc) is 2.93. The fourth-order valence-electron chi connectivity index (χ4n) is 4.33. The monoisotopic (exact) mass is 585 g/mol. The molecule has 9 nitrogen and oxygen atoms in total. The molecule has 1 unspecified atom stereocenters. The molecule has 0 aliphatic rings. The second-order valence-electron chi connectivity index (χ2n) is 9.79. The Morgan fingerprint density at radius 1 is 0.951 bits per heavy atom. The van der Waals surface area contributed by atoms with E-state index in [-0.39, 0.29) is 36.0 Å². The first-order chi connectivity index (χ1) is 19.4. The molecular weight excluding hydrogens is 549 g/mol. The van der Waals surface area contributed by atoms with Crippen molar-refractivity contribution in [3.05, 3.63) is 89.7 Å². The van der Waals surface area contributed by atoms with Gasteiger partial charge in [0, 0.05) is 30.6 Å². The lowest BCUT2D eigenvalue weighted by Gasteiger charge is -2.34. The molecule has 0 aliphatic heterocycles. The number of hydrogen-bond acceptors (Lipinski definition) is 6. The maximum atomic E-state index is 14.8. The molecule has 0 saturated heterocycles. The lowest BCUT2D eigenvalue weighted by molar-refractivity contribution is -0.140. The van der Waals surface area contributed by atoms with Crippen molar-refractivity contribution in [3.63, 3.8) is 0 Å². The summed E-state index contributed by atoms with van der Waals surface area (Å²) < 4.78 is 52.4. The van der Waals surface area contributed by atoms with Crippen molar-refractivity contribution in [3.8, 4) is 11.5 Å². The number of carbonyl (C=O) groups excluding carboxylic acids is 2. The van der Waals surface area contributed by atoms with Crippen LogP contribution in [0.3, 0.4) is 0 Å². The molecule has 0 bridgehead atoms. The number of sulfonamides is 1. The predicted molar refractivity (Wildman–Crippen MR) is 156 cm³/mol. The van der Waals surface area contributed by atoms with Crippen molar-refractivity contribution >= 4 is 27.5 Å². The Bertz CT molecular complexity index is 1450. The van der Waals surface area contributed by atoms with E-state index in [0.717, 1.165) is 16.1 Å². The zero-order chi connectivity index (χ0) is 30.2. The van der Waals surface area contributed by atoms with Gasteiger partial charge < -0.3 is 19.7 Å². The third kappa shape index (κ3) is 8.43. The summed E-state index contributed by atoms with van der Waals surface area (Å²) in [7, 11) is -1.22. The molecule has 0 spiro atoms. The van der Waals surface area contributed by atoms with Crippen LogP contribution in [0, 0.1) is 5.82 Å². The first-order valence-corrected chi connectivity index (χ1v) is 14.9. The van der Waals surface area contributed by atoms with E-state index in [1.165, 1.54) is 49.5 Å². The first kappa shape index (κ1) is 31.4. The van der Waals surface area contributed by atoms with Crippen LogP contribution in [0.5, 0.6) is 11.5 Å². The molecule has 0 saturated carbocycles. The predicted octanol–water partition coefficient (Wildman–Crippen LogP) is 3.77. The highest BCUT2D eigenvalue weighted by Crippen LogP contribution is 2.34. The summed E-state index contributed by atoms with van der Waals surface area (Å²) in [5.74, 6) is -1.16. The molecular formula is C30H36FN3O6S. The number of halogens is 1. The highest BCUT2D eigenvalue weighted by atomic mass is 32.2. The fourth-order valence-corrected chi connectivity index (χ4v) is 5.18. The lowest BCUT2D eigenvalue weighted by atomic mass is 10.0. The SMILES string of the molecule is COc1ccc(OC)c(N(CC(=O)N(Cc2ccccc2F)C(Cc2ccccc2)C(=O)NC(C)C)S(C)(=O)=O)c1. The Kier molecular flexibility index (Phi) is 10.7. The number of rotatable bonds is 13. The van der Waals surface area contributed by atoms with E-state index in [1.807, 2.05) is 30.3 Å². The maximum Gasteiger partial charge on any atom is 0.244 e. The van der Waals surface area contributed by atoms with Crippen LogP contribution in [-0.2, 0) is 32.6 Å². The Morgan fingerprint density at radius 3 is 2.20 bits per heavy atom. The molecule has 2 amide bonds. The van der Waals surface area contributed by atoms with Crippen LogP contribution < -0.4 is 19.1 Å². The van der Waals surface area contributed by atoms with Gasteiger partial charge in [-0.1, -0.05) is 48.5 Å². The molecule has 3 aromatic carbocycles. The minimum Gasteiger partial charge on any atom is -0.497 e. The summed E-state index contributed by atoms with van der Waals surface area (Å²) in [4.78, 5) is 28.9. The molecule has 1 N–H and O–H groups in total. The Hall–Kier alpha value is -4.12. The first-order valence-electron chi connectivity index (χ1n) is 13.0. The quantitative estimate of drug-likeness (QED) is 0.328. The van der Waals surface area contributed by atoms with E-state index in [4.69, 9.17) is 9.47 Å². The molecule has 1 atom stereocenters. The Labute approximate surface area is 240 Å². The molecule has 41 heavy (non-hydrogen) atoms. The van der Waals surface area contributed by atoms with Crippen molar-refractivity contribution in [2.75, 3.05) is 31.3 Å². The zero-order valence-corrected chi connectivity index (χ0v) is 24.7. The number of hydrogen-bond donors (Lipinski definition) is 1. The third-order valence-corrected chi connectivity index (χ3v) is 7.46. The Morgan fingerprint density at radius 2 is 1.61 bits per heavy atom. The smallest absolute Gasteiger partial charge is 0.244 e. The summed E-state index contributed by atoms with van der Waals surface area (Å²) in [6, 6.07) is 18.3. The summed E-state index contributed by atoms with van der Waals surface area (Å²) >= 11 is 0. The molecule has 220 valence electrons. The van der Waals surface area contributed by atoms with Crippen LogP contribution in [0.2, 0.25) is 0 Å². The summed E-state index contributed by atoms with van der Waals surface area (Å²) in [5.41, 5.74) is 1.04. The van der Waals surface area contributed by atoms with E-state index in [1.54, 1.807) is 26.0 Å². The minimum absolute atomic E-state index is 0.0831. The maximum absolute atomic E-state index is 14.8. The molecule has 11 heteroatoms. The van der Waals surface area contributed by atoms with E-state index >= 15 is 0 Å². The average molecular weight is 586 g/mol. The molecule has 0 aromatic heterocycles. The van der Waals surface area contributed by atoms with Crippen LogP contribution in [0.1, 0.15) is 25.0 Å². The largest absolute Gasteiger partial charge is 0.497 e. The van der Waals surface area contributed by atoms with Gasteiger partial charge in [0.15, 0.2) is 0 Å². The number of methoxy groups -OCH3 is 2. The number of carbonyl (C=O) groups is 2. The number of anilines is 1. The van der Waals surface area contributed by atoms with Gasteiger partial charge in [0.1, 0.15) is 29.9 Å². The molecule has 3 rings (SSSR count). The van der Waals surface area contributed by atoms with Crippen LogP contribution in [0.15, 0.2) is 72.8 Å². The van der Waals surface area contributed by atoms with Crippen molar-refractivity contribution in [2.24, 2.45) is 0 Å². The highest BCUT2D eigenvalue weighted by Gasteiger charge is 2.34. The number of amides is 2. The van der Waals surface area contributed by atoms with Crippen LogP contribution in [0.25, 0.3) is 0 Å². The molecule has 0 fully saturated rings. The van der Waals surface area contributed by atoms with E-state index in [2.05, 4.69) is 5.32 Å². The second-order valence-corrected chi connectivity index (χ2v) is 11.7. The van der Waals surface area contributed by atoms with E-state index in [9.17, 15) is 22.4 Å². The molecule has 0 radical (unpaired) electrons. The normalized spacial score (nSPS) is 12.0. The van der Waals surface area contributed by atoms with E-state index < -0.39 is 40.2 Å². The lowest BCUT2D eigenvalue weighted by Crippen LogP contribution is -2.54. The summed E-state index contributed by atoms with van der Waals surface area (Å²) in [6.45, 7) is 2.65. The van der Waals surface area contributed by atoms with Gasteiger partial charge >= 0.3 is 0 Å². The number of benzene rings is 3. The molecule has 0 heterocycles. The van der Waals surface area contributed by atoms with Gasteiger partial charge in [0.2, 0.25) is 21.8 Å². The highest BCUT2D eigenvalue weighted by molar-refractivity contribution is 7.92. The van der Waals surface area contributed by atoms with Gasteiger partial charge in [-0.05, 0) is 37.6 Å². The van der Waals surface area contributed by atoms with Gasteiger partial charge in [0.05, 0.1) is 26.2 Å². The van der Waals surface area contributed by atoms with Gasteiger partial charge in [0.25, 0.3) is 0 Å². The fraction of sp³-hybridized carbons (Fsp3) is 0.333. The molecule has 3 aromatic rings. The summed E-state index contributed by atoms with van der Waals surface area (Å²) in [5, 5.41) is 2.85. The Balaban J connectivity index is 2.12. The van der Waals surface area contributed by atoms with E-state index in [0.29, 0.717) is 5.75 Å². The van der Waals surface area contributed by atoms with Crippen LogP contribution >= 0.6 is 0 Å². The van der Waals surface area contributed by atoms with Gasteiger partial charge in [-0.3, -0.25) is 13.9 Å². The third-order valence-electron chi connectivity index (χ3n) is 6.33. The zero-order valence-electron chi connectivity index (χ0n) is 23.8. The summed E-state index contributed by atoms with van der Waals surface area (Å²) in [6.07, 6.45) is 1.09. The second kappa shape index (κ2) is 14.0. The van der Waals surface area contributed by atoms with Crippen molar-refractivity contribution < 1.29 is 31.9 Å². The van der Waals surface area contributed by atoms with Gasteiger partial charge in [-0.2, -0.15) is 0 Å². The number of nitrogens with one attached hydrogen (secondary N) is 1. The van der Waals surface area contributed by atoms with Crippen molar-refractivity contribution in [2.45, 2.75) is 38.9 Å². The van der Waals surface area contributed by atoms with Crippen molar-refractivity contribution in [1.29, 1.82) is 0 Å². The van der Waals surface area contributed by atoms with Gasteiger partial charge in [-0.15, -0.1) is 0 Å². The number of nitrogens with zero attached hydrogens (tertiary/aromatic N) is 2. The molecule has 0 aliphatic carbocycles. The number of ether oxygens (including phenoxy) is 2. The minimum atomic E-state index is -4.03. The topological polar surface area (TPSA) is 105 Å². The standard InChI is InChI=1S/C30H36FN3O6S/c1-21(2)32-30(36)27(17-22-11-7-6-8-12-22)33(19-23-13-9-10-14-25(23)31)29(35)20-34(41(5,37)38)26-18-24(39-3)15-16-28(26)40-4/h6-16,18,21,27H,17,19-20H2,1-5H3,(H,32,36). The van der Waals surface area contributed by atoms with Gasteiger partial charge in [-0.25, -0.2) is 12.8 Å².